The predicted molar refractivity (Wildman–Crippen MR) is 74.4 cm³/mol. The number of aromatic nitrogens is 1. The van der Waals surface area contributed by atoms with Crippen LogP contribution in [0.15, 0.2) is 4.52 Å². The van der Waals surface area contributed by atoms with E-state index in [0.29, 0.717) is 25.4 Å². The van der Waals surface area contributed by atoms with Gasteiger partial charge in [-0.25, -0.2) is 0 Å². The summed E-state index contributed by atoms with van der Waals surface area (Å²) in [6.07, 6.45) is 1.47. The van der Waals surface area contributed by atoms with Crippen molar-refractivity contribution in [2.75, 3.05) is 6.54 Å². The van der Waals surface area contributed by atoms with Crippen LogP contribution in [0.3, 0.4) is 0 Å². The smallest absolute Gasteiger partial charge is 0.220 e. The minimum absolute atomic E-state index is 0.0381. The van der Waals surface area contributed by atoms with Crippen molar-refractivity contribution in [1.29, 1.82) is 0 Å². The first-order valence-electron chi connectivity index (χ1n) is 6.82. The van der Waals surface area contributed by atoms with E-state index in [0.717, 1.165) is 23.4 Å². The number of nitrogens with zero attached hydrogens (tertiary/aromatic N) is 1. The van der Waals surface area contributed by atoms with Gasteiger partial charge < -0.3 is 15.6 Å². The standard InChI is InChI=1S/C14H25N3O2/c1-9(2)5-12(7-15)6-14(18)16-8-13-10(3)17-19-11(13)4/h9,12H,5-8,15H2,1-4H3,(H,16,18). The topological polar surface area (TPSA) is 81.2 Å². The van der Waals surface area contributed by atoms with E-state index >= 15 is 0 Å². The van der Waals surface area contributed by atoms with Crippen LogP contribution in [0.2, 0.25) is 0 Å². The third-order valence-electron chi connectivity index (χ3n) is 3.26. The molecule has 1 atom stereocenters. The van der Waals surface area contributed by atoms with Crippen molar-refractivity contribution in [1.82, 2.24) is 10.5 Å². The Bertz CT molecular complexity index is 393. The lowest BCUT2D eigenvalue weighted by atomic mass is 9.94. The summed E-state index contributed by atoms with van der Waals surface area (Å²) in [7, 11) is 0. The fourth-order valence-corrected chi connectivity index (χ4v) is 2.21. The van der Waals surface area contributed by atoms with Gasteiger partial charge in [0.1, 0.15) is 5.76 Å². The van der Waals surface area contributed by atoms with Crippen LogP contribution in [0.1, 0.15) is 43.7 Å². The van der Waals surface area contributed by atoms with Crippen LogP contribution in [0, 0.1) is 25.7 Å². The number of carbonyl (C=O) groups is 1. The first kappa shape index (κ1) is 15.7. The highest BCUT2D eigenvalue weighted by Crippen LogP contribution is 2.15. The van der Waals surface area contributed by atoms with E-state index in [-0.39, 0.29) is 11.8 Å². The van der Waals surface area contributed by atoms with Gasteiger partial charge in [0, 0.05) is 18.5 Å². The predicted octanol–water partition coefficient (Wildman–Crippen LogP) is 1.92. The van der Waals surface area contributed by atoms with Crippen LogP contribution in [-0.2, 0) is 11.3 Å². The lowest BCUT2D eigenvalue weighted by Gasteiger charge is -2.16. The summed E-state index contributed by atoms with van der Waals surface area (Å²) in [5.41, 5.74) is 7.49. The molecule has 0 aromatic carbocycles. The molecule has 1 amide bonds. The van der Waals surface area contributed by atoms with Gasteiger partial charge in [-0.2, -0.15) is 0 Å². The fraction of sp³-hybridized carbons (Fsp3) is 0.714. The summed E-state index contributed by atoms with van der Waals surface area (Å²) in [6, 6.07) is 0. The van der Waals surface area contributed by atoms with Gasteiger partial charge in [0.15, 0.2) is 0 Å². The van der Waals surface area contributed by atoms with E-state index in [4.69, 9.17) is 10.3 Å². The van der Waals surface area contributed by atoms with Crippen molar-refractivity contribution in [2.24, 2.45) is 17.6 Å². The first-order chi connectivity index (χ1) is 8.93. The highest BCUT2D eigenvalue weighted by Gasteiger charge is 2.15. The molecule has 1 aromatic heterocycles. The molecule has 1 aromatic rings. The molecule has 0 saturated heterocycles. The lowest BCUT2D eigenvalue weighted by Crippen LogP contribution is -2.28. The summed E-state index contributed by atoms with van der Waals surface area (Å²) in [4.78, 5) is 11.9. The number of amides is 1. The summed E-state index contributed by atoms with van der Waals surface area (Å²) in [5.74, 6) is 1.61. The third-order valence-corrected chi connectivity index (χ3v) is 3.26. The van der Waals surface area contributed by atoms with Gasteiger partial charge in [-0.05, 0) is 38.6 Å². The molecule has 0 fully saturated rings. The SMILES string of the molecule is Cc1noc(C)c1CNC(=O)CC(CN)CC(C)C. The summed E-state index contributed by atoms with van der Waals surface area (Å²) in [6.45, 7) is 9.03. The Morgan fingerprint density at radius 3 is 2.58 bits per heavy atom. The molecule has 1 rings (SSSR count). The Morgan fingerprint density at radius 1 is 1.42 bits per heavy atom. The summed E-state index contributed by atoms with van der Waals surface area (Å²) >= 11 is 0. The molecule has 108 valence electrons. The number of rotatable bonds is 7. The zero-order valence-corrected chi connectivity index (χ0v) is 12.3. The van der Waals surface area contributed by atoms with Gasteiger partial charge in [-0.1, -0.05) is 19.0 Å². The molecule has 0 aliphatic heterocycles. The van der Waals surface area contributed by atoms with Crippen LogP contribution in [0.25, 0.3) is 0 Å². The van der Waals surface area contributed by atoms with Gasteiger partial charge in [-0.3, -0.25) is 4.79 Å². The van der Waals surface area contributed by atoms with Crippen LogP contribution in [0.4, 0.5) is 0 Å². The minimum atomic E-state index is 0.0381. The van der Waals surface area contributed by atoms with Crippen LogP contribution >= 0.6 is 0 Å². The number of nitrogens with one attached hydrogen (secondary N) is 1. The van der Waals surface area contributed by atoms with E-state index in [2.05, 4.69) is 24.3 Å². The third kappa shape index (κ3) is 5.03. The average molecular weight is 267 g/mol. The van der Waals surface area contributed by atoms with Crippen LogP contribution in [-0.4, -0.2) is 17.6 Å². The van der Waals surface area contributed by atoms with Crippen molar-refractivity contribution in [3.63, 3.8) is 0 Å². The molecule has 5 nitrogen and oxygen atoms in total. The number of hydrogen-bond acceptors (Lipinski definition) is 4. The Balaban J connectivity index is 2.43. The van der Waals surface area contributed by atoms with Crippen LogP contribution < -0.4 is 11.1 Å². The molecule has 0 aliphatic rings. The number of carbonyl (C=O) groups excluding carboxylic acids is 1. The second kappa shape index (κ2) is 7.28. The van der Waals surface area contributed by atoms with Gasteiger partial charge in [0.2, 0.25) is 5.91 Å². The maximum Gasteiger partial charge on any atom is 0.220 e. The molecular formula is C14H25N3O2. The van der Waals surface area contributed by atoms with Crippen molar-refractivity contribution < 1.29 is 9.32 Å². The van der Waals surface area contributed by atoms with Gasteiger partial charge in [0.05, 0.1) is 5.69 Å². The average Bonchev–Trinajstić information content (AvgIpc) is 2.65. The minimum Gasteiger partial charge on any atom is -0.361 e. The highest BCUT2D eigenvalue weighted by molar-refractivity contribution is 5.76. The Hall–Kier alpha value is -1.36. The number of aryl methyl sites for hydroxylation is 2. The molecule has 1 unspecified atom stereocenters. The van der Waals surface area contributed by atoms with Crippen molar-refractivity contribution >= 4 is 5.91 Å². The summed E-state index contributed by atoms with van der Waals surface area (Å²) < 4.78 is 5.06. The Labute approximate surface area is 114 Å². The maximum atomic E-state index is 11.9. The molecule has 0 aliphatic carbocycles. The van der Waals surface area contributed by atoms with E-state index in [9.17, 15) is 4.79 Å². The maximum absolute atomic E-state index is 11.9. The first-order valence-corrected chi connectivity index (χ1v) is 6.82. The molecule has 5 heteroatoms. The fourth-order valence-electron chi connectivity index (χ4n) is 2.21. The van der Waals surface area contributed by atoms with E-state index < -0.39 is 0 Å². The van der Waals surface area contributed by atoms with E-state index in [1.54, 1.807) is 0 Å². The van der Waals surface area contributed by atoms with E-state index in [1.807, 2.05) is 13.8 Å². The van der Waals surface area contributed by atoms with Crippen molar-refractivity contribution in [3.8, 4) is 0 Å². The van der Waals surface area contributed by atoms with Crippen LogP contribution in [0.5, 0.6) is 0 Å². The highest BCUT2D eigenvalue weighted by atomic mass is 16.5. The zero-order valence-electron chi connectivity index (χ0n) is 12.3. The Kier molecular flexibility index (Phi) is 6.02. The van der Waals surface area contributed by atoms with Gasteiger partial charge in [0.25, 0.3) is 0 Å². The second-order valence-electron chi connectivity index (χ2n) is 5.51. The molecule has 3 N–H and O–H groups in total. The monoisotopic (exact) mass is 267 g/mol. The normalized spacial score (nSPS) is 12.7. The lowest BCUT2D eigenvalue weighted by molar-refractivity contribution is -0.122. The molecule has 0 spiro atoms. The zero-order chi connectivity index (χ0) is 14.4. The second-order valence-corrected chi connectivity index (χ2v) is 5.51. The van der Waals surface area contributed by atoms with Crippen molar-refractivity contribution in [3.05, 3.63) is 17.0 Å². The van der Waals surface area contributed by atoms with Crippen molar-refractivity contribution in [2.45, 2.75) is 47.1 Å². The molecular weight excluding hydrogens is 242 g/mol. The van der Waals surface area contributed by atoms with E-state index in [1.165, 1.54) is 0 Å². The molecule has 0 saturated carbocycles. The molecule has 0 bridgehead atoms. The molecule has 19 heavy (non-hydrogen) atoms. The molecule has 1 heterocycles. The molecule has 0 radical (unpaired) electrons. The summed E-state index contributed by atoms with van der Waals surface area (Å²) in [5, 5.41) is 6.77. The number of nitrogens with two attached hydrogens (primary N) is 1. The largest absolute Gasteiger partial charge is 0.361 e. The quantitative estimate of drug-likeness (QED) is 0.790. The van der Waals surface area contributed by atoms with Gasteiger partial charge in [-0.15, -0.1) is 0 Å². The number of hydrogen-bond donors (Lipinski definition) is 2. The Morgan fingerprint density at radius 2 is 2.11 bits per heavy atom. The van der Waals surface area contributed by atoms with Gasteiger partial charge >= 0.3 is 0 Å².